The summed E-state index contributed by atoms with van der Waals surface area (Å²) in [4.78, 5) is 10.7. The fraction of sp³-hybridized carbons (Fsp3) is 0.167. The van der Waals surface area contributed by atoms with Crippen LogP contribution in [0.3, 0.4) is 0 Å². The minimum atomic E-state index is -1.19. The molecule has 5 nitrogen and oxygen atoms in total. The standard InChI is InChI=1S/C12H11FN2O3/c1-15-6-8(5-14-15)7-18-11-3-9(12(16)17)2-10(13)4-11/h2-6H,7H2,1H3,(H,16,17). The highest BCUT2D eigenvalue weighted by atomic mass is 19.1. The quantitative estimate of drug-likeness (QED) is 0.899. The summed E-state index contributed by atoms with van der Waals surface area (Å²) in [5.74, 6) is -1.66. The molecule has 1 aromatic heterocycles. The monoisotopic (exact) mass is 250 g/mol. The molecule has 1 N–H and O–H groups in total. The summed E-state index contributed by atoms with van der Waals surface area (Å²) in [5.41, 5.74) is 0.676. The molecule has 0 aliphatic carbocycles. The van der Waals surface area contributed by atoms with E-state index in [1.165, 1.54) is 6.07 Å². The van der Waals surface area contributed by atoms with Gasteiger partial charge in [-0.3, -0.25) is 4.68 Å². The van der Waals surface area contributed by atoms with Gasteiger partial charge in [-0.25, -0.2) is 9.18 Å². The minimum absolute atomic E-state index is 0.142. The lowest BCUT2D eigenvalue weighted by molar-refractivity contribution is 0.0695. The molecule has 0 amide bonds. The first kappa shape index (κ1) is 12.1. The third-order valence-electron chi connectivity index (χ3n) is 2.28. The second kappa shape index (κ2) is 4.87. The van der Waals surface area contributed by atoms with Gasteiger partial charge in [-0.2, -0.15) is 5.10 Å². The molecule has 0 bridgehead atoms. The Hall–Kier alpha value is -2.37. The van der Waals surface area contributed by atoms with E-state index in [0.29, 0.717) is 0 Å². The van der Waals surface area contributed by atoms with Gasteiger partial charge in [0, 0.05) is 24.9 Å². The summed E-state index contributed by atoms with van der Waals surface area (Å²) in [5, 5.41) is 12.7. The van der Waals surface area contributed by atoms with Crippen molar-refractivity contribution in [2.24, 2.45) is 7.05 Å². The molecule has 2 aromatic rings. The number of benzene rings is 1. The van der Waals surface area contributed by atoms with Crippen LogP contribution in [0, 0.1) is 5.82 Å². The van der Waals surface area contributed by atoms with Gasteiger partial charge in [0.2, 0.25) is 0 Å². The van der Waals surface area contributed by atoms with Gasteiger partial charge in [-0.15, -0.1) is 0 Å². The maximum atomic E-state index is 13.2. The Morgan fingerprint density at radius 1 is 1.50 bits per heavy atom. The van der Waals surface area contributed by atoms with E-state index >= 15 is 0 Å². The lowest BCUT2D eigenvalue weighted by atomic mass is 10.2. The summed E-state index contributed by atoms with van der Waals surface area (Å²) in [6.45, 7) is 0.205. The molecule has 0 fully saturated rings. The van der Waals surface area contributed by atoms with Crippen molar-refractivity contribution in [3.05, 3.63) is 47.5 Å². The van der Waals surface area contributed by atoms with Crippen molar-refractivity contribution < 1.29 is 19.0 Å². The summed E-state index contributed by atoms with van der Waals surface area (Å²) in [7, 11) is 1.77. The molecule has 0 aliphatic rings. The number of rotatable bonds is 4. The second-order valence-electron chi connectivity index (χ2n) is 3.79. The van der Waals surface area contributed by atoms with E-state index in [2.05, 4.69) is 5.10 Å². The van der Waals surface area contributed by atoms with Crippen LogP contribution in [0.2, 0.25) is 0 Å². The fourth-order valence-corrected chi connectivity index (χ4v) is 1.48. The third kappa shape index (κ3) is 2.85. The zero-order chi connectivity index (χ0) is 13.1. The maximum absolute atomic E-state index is 13.2. The van der Waals surface area contributed by atoms with E-state index in [4.69, 9.17) is 9.84 Å². The van der Waals surface area contributed by atoms with Crippen molar-refractivity contribution >= 4 is 5.97 Å². The van der Waals surface area contributed by atoms with Gasteiger partial charge in [0.15, 0.2) is 0 Å². The van der Waals surface area contributed by atoms with Crippen molar-refractivity contribution in [1.29, 1.82) is 0 Å². The first-order chi connectivity index (χ1) is 8.54. The van der Waals surface area contributed by atoms with Gasteiger partial charge in [-0.05, 0) is 12.1 Å². The summed E-state index contributed by atoms with van der Waals surface area (Å²) in [6.07, 6.45) is 3.38. The highest BCUT2D eigenvalue weighted by Crippen LogP contribution is 2.17. The van der Waals surface area contributed by atoms with Crippen LogP contribution in [-0.2, 0) is 13.7 Å². The van der Waals surface area contributed by atoms with Crippen molar-refractivity contribution in [2.75, 3.05) is 0 Å². The number of hydrogen-bond donors (Lipinski definition) is 1. The Labute approximate surface area is 102 Å². The average Bonchev–Trinajstić information content (AvgIpc) is 2.72. The molecule has 0 saturated carbocycles. The summed E-state index contributed by atoms with van der Waals surface area (Å²) >= 11 is 0. The first-order valence-corrected chi connectivity index (χ1v) is 5.19. The average molecular weight is 250 g/mol. The van der Waals surface area contributed by atoms with Crippen LogP contribution >= 0.6 is 0 Å². The predicted octanol–water partition coefficient (Wildman–Crippen LogP) is 1.84. The molecule has 94 valence electrons. The number of ether oxygens (including phenoxy) is 1. The van der Waals surface area contributed by atoms with Crippen LogP contribution in [0.5, 0.6) is 5.75 Å². The molecule has 0 saturated heterocycles. The van der Waals surface area contributed by atoms with Gasteiger partial charge in [0.05, 0.1) is 11.8 Å². The lowest BCUT2D eigenvalue weighted by Crippen LogP contribution is -2.00. The van der Waals surface area contributed by atoms with Crippen LogP contribution < -0.4 is 4.74 Å². The summed E-state index contributed by atoms with van der Waals surface area (Å²) < 4.78 is 20.1. The third-order valence-corrected chi connectivity index (χ3v) is 2.28. The Morgan fingerprint density at radius 3 is 2.89 bits per heavy atom. The van der Waals surface area contributed by atoms with Crippen molar-refractivity contribution in [1.82, 2.24) is 9.78 Å². The van der Waals surface area contributed by atoms with Gasteiger partial charge < -0.3 is 9.84 Å². The topological polar surface area (TPSA) is 64.3 Å². The van der Waals surface area contributed by atoms with Crippen LogP contribution in [0.15, 0.2) is 30.6 Å². The van der Waals surface area contributed by atoms with Crippen molar-refractivity contribution in [3.8, 4) is 5.75 Å². The minimum Gasteiger partial charge on any atom is -0.489 e. The summed E-state index contributed by atoms with van der Waals surface area (Å²) in [6, 6.07) is 3.36. The zero-order valence-electron chi connectivity index (χ0n) is 9.63. The lowest BCUT2D eigenvalue weighted by Gasteiger charge is -2.05. The van der Waals surface area contributed by atoms with E-state index in [1.54, 1.807) is 24.1 Å². The van der Waals surface area contributed by atoms with Gasteiger partial charge in [0.1, 0.15) is 18.2 Å². The second-order valence-corrected chi connectivity index (χ2v) is 3.79. The Kier molecular flexibility index (Phi) is 3.27. The number of carbonyl (C=O) groups is 1. The number of carboxylic acid groups (broad SMARTS) is 1. The van der Waals surface area contributed by atoms with Crippen LogP contribution in [0.1, 0.15) is 15.9 Å². The van der Waals surface area contributed by atoms with E-state index in [1.807, 2.05) is 0 Å². The maximum Gasteiger partial charge on any atom is 0.335 e. The van der Waals surface area contributed by atoms with Crippen LogP contribution in [-0.4, -0.2) is 20.9 Å². The molecule has 0 unspecified atom stereocenters. The molecule has 0 radical (unpaired) electrons. The van der Waals surface area contributed by atoms with E-state index < -0.39 is 11.8 Å². The smallest absolute Gasteiger partial charge is 0.335 e. The van der Waals surface area contributed by atoms with Crippen LogP contribution in [0.25, 0.3) is 0 Å². The first-order valence-electron chi connectivity index (χ1n) is 5.19. The number of aryl methyl sites for hydroxylation is 1. The highest BCUT2D eigenvalue weighted by molar-refractivity contribution is 5.88. The van der Waals surface area contributed by atoms with Crippen molar-refractivity contribution in [2.45, 2.75) is 6.61 Å². The molecule has 2 rings (SSSR count). The zero-order valence-corrected chi connectivity index (χ0v) is 9.63. The molecular weight excluding hydrogens is 239 g/mol. The molecule has 0 atom stereocenters. The number of aromatic carboxylic acids is 1. The molecule has 0 aliphatic heterocycles. The number of nitrogens with zero attached hydrogens (tertiary/aromatic N) is 2. The highest BCUT2D eigenvalue weighted by Gasteiger charge is 2.08. The molecule has 1 aromatic carbocycles. The Balaban J connectivity index is 2.11. The molecule has 0 spiro atoms. The van der Waals surface area contributed by atoms with Crippen LogP contribution in [0.4, 0.5) is 4.39 Å². The molecule has 1 heterocycles. The van der Waals surface area contributed by atoms with Gasteiger partial charge >= 0.3 is 5.97 Å². The van der Waals surface area contributed by atoms with Crippen molar-refractivity contribution in [3.63, 3.8) is 0 Å². The van der Waals surface area contributed by atoms with E-state index in [-0.39, 0.29) is 17.9 Å². The number of halogens is 1. The van der Waals surface area contributed by atoms with Gasteiger partial charge in [0.25, 0.3) is 0 Å². The molecular formula is C12H11FN2O3. The largest absolute Gasteiger partial charge is 0.489 e. The number of carboxylic acids is 1. The fourth-order valence-electron chi connectivity index (χ4n) is 1.48. The SMILES string of the molecule is Cn1cc(COc2cc(F)cc(C(=O)O)c2)cn1. The van der Waals surface area contributed by atoms with Gasteiger partial charge in [-0.1, -0.05) is 0 Å². The predicted molar refractivity (Wildman–Crippen MR) is 60.9 cm³/mol. The Bertz CT molecular complexity index is 580. The Morgan fingerprint density at radius 2 is 2.28 bits per heavy atom. The molecule has 18 heavy (non-hydrogen) atoms. The molecule has 6 heteroatoms. The number of hydrogen-bond acceptors (Lipinski definition) is 3. The normalized spacial score (nSPS) is 10.3. The number of aromatic nitrogens is 2. The van der Waals surface area contributed by atoms with E-state index in [0.717, 1.165) is 17.7 Å². The van der Waals surface area contributed by atoms with E-state index in [9.17, 15) is 9.18 Å².